The SMILES string of the molecule is CCCCN(CCCC)CCCNC(=O)NCc1ccc(C(=O)Nc2ccccc2N)s1. The molecule has 0 aliphatic carbocycles. The lowest BCUT2D eigenvalue weighted by Crippen LogP contribution is -2.37. The molecule has 0 saturated heterocycles. The number of nitrogens with two attached hydrogens (primary N) is 1. The van der Waals surface area contributed by atoms with E-state index in [1.54, 1.807) is 18.2 Å². The largest absolute Gasteiger partial charge is 0.397 e. The molecule has 0 saturated carbocycles. The fourth-order valence-corrected chi connectivity index (χ4v) is 4.07. The van der Waals surface area contributed by atoms with Crippen LogP contribution in [-0.2, 0) is 6.54 Å². The van der Waals surface area contributed by atoms with Crippen LogP contribution in [0.2, 0.25) is 0 Å². The highest BCUT2D eigenvalue weighted by Crippen LogP contribution is 2.21. The number of para-hydroxylation sites is 2. The molecule has 5 N–H and O–H groups in total. The Morgan fingerprint density at radius 2 is 1.62 bits per heavy atom. The van der Waals surface area contributed by atoms with Gasteiger partial charge in [-0.3, -0.25) is 4.79 Å². The van der Waals surface area contributed by atoms with Gasteiger partial charge in [0.05, 0.1) is 22.8 Å². The molecule has 0 unspecified atom stereocenters. The minimum Gasteiger partial charge on any atom is -0.397 e. The van der Waals surface area contributed by atoms with Crippen molar-refractivity contribution in [3.8, 4) is 0 Å². The van der Waals surface area contributed by atoms with Gasteiger partial charge < -0.3 is 26.6 Å². The number of anilines is 2. The van der Waals surface area contributed by atoms with E-state index in [0.717, 1.165) is 30.9 Å². The van der Waals surface area contributed by atoms with Crippen LogP contribution in [0.3, 0.4) is 0 Å². The predicted octanol–water partition coefficient (Wildman–Crippen LogP) is 4.67. The van der Waals surface area contributed by atoms with E-state index in [4.69, 9.17) is 5.73 Å². The number of nitrogens with zero attached hydrogens (tertiary/aromatic N) is 1. The summed E-state index contributed by atoms with van der Waals surface area (Å²) in [6, 6.07) is 10.6. The Balaban J connectivity index is 1.68. The number of benzene rings is 1. The van der Waals surface area contributed by atoms with Crippen molar-refractivity contribution in [1.29, 1.82) is 0 Å². The fourth-order valence-electron chi connectivity index (χ4n) is 3.22. The third kappa shape index (κ3) is 9.28. The lowest BCUT2D eigenvalue weighted by Gasteiger charge is -2.21. The van der Waals surface area contributed by atoms with Crippen molar-refractivity contribution in [3.05, 3.63) is 46.2 Å². The summed E-state index contributed by atoms with van der Waals surface area (Å²) >= 11 is 1.35. The second kappa shape index (κ2) is 14.5. The number of urea groups is 1. The standard InChI is InChI=1S/C24H37N5O2S/c1-3-5-15-29(16-6-4-2)17-9-14-26-24(31)27-18-19-12-13-22(32-19)23(30)28-21-11-8-7-10-20(21)25/h7-8,10-13H,3-6,9,14-18,25H2,1-2H3,(H,28,30)(H2,26,27,31). The Bertz CT molecular complexity index is 831. The van der Waals surface area contributed by atoms with E-state index < -0.39 is 0 Å². The number of hydrogen-bond acceptors (Lipinski definition) is 5. The van der Waals surface area contributed by atoms with Gasteiger partial charge >= 0.3 is 6.03 Å². The third-order valence-corrected chi connectivity index (χ3v) is 6.19. The number of carbonyl (C=O) groups excluding carboxylic acids is 2. The highest BCUT2D eigenvalue weighted by atomic mass is 32.1. The third-order valence-electron chi connectivity index (χ3n) is 5.11. The molecule has 0 aliphatic heterocycles. The lowest BCUT2D eigenvalue weighted by atomic mass is 10.2. The number of thiophene rings is 1. The molecule has 1 heterocycles. The first-order valence-corrected chi connectivity index (χ1v) is 12.3. The van der Waals surface area contributed by atoms with Crippen LogP contribution in [0.25, 0.3) is 0 Å². The van der Waals surface area contributed by atoms with E-state index in [1.807, 2.05) is 18.2 Å². The van der Waals surface area contributed by atoms with E-state index in [9.17, 15) is 9.59 Å². The highest BCUT2D eigenvalue weighted by Gasteiger charge is 2.11. The van der Waals surface area contributed by atoms with Gasteiger partial charge in [-0.1, -0.05) is 38.8 Å². The van der Waals surface area contributed by atoms with Crippen molar-refractivity contribution in [3.63, 3.8) is 0 Å². The zero-order valence-electron chi connectivity index (χ0n) is 19.3. The minimum atomic E-state index is -0.209. The molecule has 32 heavy (non-hydrogen) atoms. The van der Waals surface area contributed by atoms with Crippen LogP contribution in [0, 0.1) is 0 Å². The van der Waals surface area contributed by atoms with Gasteiger partial charge in [0.15, 0.2) is 0 Å². The van der Waals surface area contributed by atoms with Gasteiger partial charge in [0, 0.05) is 11.4 Å². The molecule has 0 radical (unpaired) electrons. The second-order valence-electron chi connectivity index (χ2n) is 7.82. The molecule has 3 amide bonds. The summed E-state index contributed by atoms with van der Waals surface area (Å²) in [5, 5.41) is 8.60. The number of unbranched alkanes of at least 4 members (excludes halogenated alkanes) is 2. The van der Waals surface area contributed by atoms with Crippen molar-refractivity contribution >= 4 is 34.6 Å². The summed E-state index contributed by atoms with van der Waals surface area (Å²) in [6.07, 6.45) is 5.78. The van der Waals surface area contributed by atoms with E-state index in [0.29, 0.717) is 29.3 Å². The summed E-state index contributed by atoms with van der Waals surface area (Å²) in [4.78, 5) is 28.5. The maximum absolute atomic E-state index is 12.4. The molecule has 8 heteroatoms. The van der Waals surface area contributed by atoms with Gasteiger partial charge in [-0.2, -0.15) is 0 Å². The van der Waals surface area contributed by atoms with E-state index >= 15 is 0 Å². The number of carbonyl (C=O) groups is 2. The van der Waals surface area contributed by atoms with Crippen molar-refractivity contribution in [2.45, 2.75) is 52.5 Å². The molecule has 0 aliphatic rings. The zero-order chi connectivity index (χ0) is 23.2. The number of rotatable bonds is 14. The average Bonchev–Trinajstić information content (AvgIpc) is 3.27. The topological polar surface area (TPSA) is 99.5 Å². The van der Waals surface area contributed by atoms with Gasteiger partial charge in [0.1, 0.15) is 0 Å². The maximum atomic E-state index is 12.4. The minimum absolute atomic E-state index is 0.185. The molecular weight excluding hydrogens is 422 g/mol. The summed E-state index contributed by atoms with van der Waals surface area (Å²) < 4.78 is 0. The first-order chi connectivity index (χ1) is 15.5. The van der Waals surface area contributed by atoms with Crippen molar-refractivity contribution in [1.82, 2.24) is 15.5 Å². The van der Waals surface area contributed by atoms with Crippen molar-refractivity contribution in [2.75, 3.05) is 37.2 Å². The molecule has 0 bridgehead atoms. The van der Waals surface area contributed by atoms with Crippen LogP contribution in [0.1, 0.15) is 60.5 Å². The van der Waals surface area contributed by atoms with Crippen LogP contribution in [0.5, 0.6) is 0 Å². The monoisotopic (exact) mass is 459 g/mol. The zero-order valence-corrected chi connectivity index (χ0v) is 20.1. The summed E-state index contributed by atoms with van der Waals surface area (Å²) in [7, 11) is 0. The Morgan fingerprint density at radius 1 is 0.938 bits per heavy atom. The number of nitrogen functional groups attached to an aromatic ring is 1. The molecular formula is C24H37N5O2S. The Kier molecular flexibility index (Phi) is 11.6. The summed E-state index contributed by atoms with van der Waals surface area (Å²) in [5.41, 5.74) is 6.99. The molecule has 2 rings (SSSR count). The molecule has 0 fully saturated rings. The van der Waals surface area contributed by atoms with Gasteiger partial charge in [0.25, 0.3) is 5.91 Å². The van der Waals surface area contributed by atoms with Crippen molar-refractivity contribution in [2.24, 2.45) is 0 Å². The summed E-state index contributed by atoms with van der Waals surface area (Å²) in [5.74, 6) is -0.209. The number of nitrogens with one attached hydrogen (secondary N) is 3. The molecule has 7 nitrogen and oxygen atoms in total. The highest BCUT2D eigenvalue weighted by molar-refractivity contribution is 7.14. The smallest absolute Gasteiger partial charge is 0.315 e. The van der Waals surface area contributed by atoms with Crippen LogP contribution in [0.4, 0.5) is 16.2 Å². The van der Waals surface area contributed by atoms with Crippen LogP contribution >= 0.6 is 11.3 Å². The van der Waals surface area contributed by atoms with Gasteiger partial charge in [-0.25, -0.2) is 4.79 Å². The van der Waals surface area contributed by atoms with Crippen LogP contribution in [-0.4, -0.2) is 43.0 Å². The Morgan fingerprint density at radius 3 is 2.31 bits per heavy atom. The molecule has 0 spiro atoms. The van der Waals surface area contributed by atoms with Gasteiger partial charge in [-0.15, -0.1) is 11.3 Å². The molecule has 1 aromatic carbocycles. The normalized spacial score (nSPS) is 10.8. The van der Waals surface area contributed by atoms with E-state index in [-0.39, 0.29) is 11.9 Å². The lowest BCUT2D eigenvalue weighted by molar-refractivity contribution is 0.103. The van der Waals surface area contributed by atoms with Crippen LogP contribution < -0.4 is 21.7 Å². The molecule has 0 atom stereocenters. The maximum Gasteiger partial charge on any atom is 0.315 e. The van der Waals surface area contributed by atoms with E-state index in [1.165, 1.54) is 37.0 Å². The second-order valence-corrected chi connectivity index (χ2v) is 8.99. The summed E-state index contributed by atoms with van der Waals surface area (Å²) in [6.45, 7) is 8.74. The van der Waals surface area contributed by atoms with Crippen molar-refractivity contribution < 1.29 is 9.59 Å². The van der Waals surface area contributed by atoms with Gasteiger partial charge in [-0.05, 0) is 63.2 Å². The number of hydrogen-bond donors (Lipinski definition) is 4. The Labute approximate surface area is 195 Å². The molecule has 1 aromatic heterocycles. The first kappa shape index (κ1) is 25.7. The quantitative estimate of drug-likeness (QED) is 0.244. The molecule has 2 aromatic rings. The van der Waals surface area contributed by atoms with Gasteiger partial charge in [0.2, 0.25) is 0 Å². The predicted molar refractivity (Wildman–Crippen MR) is 134 cm³/mol. The first-order valence-electron chi connectivity index (χ1n) is 11.5. The Hall–Kier alpha value is -2.58. The fraction of sp³-hybridized carbons (Fsp3) is 0.500. The van der Waals surface area contributed by atoms with Crippen LogP contribution in [0.15, 0.2) is 36.4 Å². The number of amides is 3. The van der Waals surface area contributed by atoms with E-state index in [2.05, 4.69) is 34.7 Å². The average molecular weight is 460 g/mol. The molecule has 176 valence electrons.